The van der Waals surface area contributed by atoms with Gasteiger partial charge in [0.05, 0.1) is 6.04 Å². The molecule has 1 unspecified atom stereocenters. The van der Waals surface area contributed by atoms with Crippen LogP contribution in [0, 0.1) is 0 Å². The molecule has 0 aromatic rings. The quantitative estimate of drug-likeness (QED) is 0.674. The van der Waals surface area contributed by atoms with E-state index in [-0.39, 0.29) is 11.9 Å². The Morgan fingerprint density at radius 2 is 2.06 bits per heavy atom. The number of aliphatic carboxylic acids is 1. The number of hydrogen-bond donors (Lipinski definition) is 3. The number of carboxylic acid groups (broad SMARTS) is 1. The van der Waals surface area contributed by atoms with E-state index in [0.29, 0.717) is 12.8 Å². The maximum atomic E-state index is 12.0. The highest BCUT2D eigenvalue weighted by Crippen LogP contribution is 2.30. The van der Waals surface area contributed by atoms with Gasteiger partial charge in [-0.2, -0.15) is 11.8 Å². The molecule has 2 rings (SSSR count). The van der Waals surface area contributed by atoms with Crippen LogP contribution >= 0.6 is 11.8 Å². The van der Waals surface area contributed by atoms with E-state index < -0.39 is 11.5 Å². The Hall–Kier alpha value is -0.750. The second-order valence-electron chi connectivity index (χ2n) is 4.67. The van der Waals surface area contributed by atoms with Crippen LogP contribution in [0.1, 0.15) is 25.7 Å². The molecule has 0 bridgehead atoms. The molecule has 0 aromatic heterocycles. The summed E-state index contributed by atoms with van der Waals surface area (Å²) in [6, 6.07) is -0.245. The second kappa shape index (κ2) is 5.27. The predicted molar refractivity (Wildman–Crippen MR) is 66.1 cm³/mol. The van der Waals surface area contributed by atoms with Crippen LogP contribution in [0.3, 0.4) is 0 Å². The van der Waals surface area contributed by atoms with E-state index >= 15 is 0 Å². The minimum Gasteiger partial charge on any atom is -0.480 e. The number of rotatable bonds is 3. The van der Waals surface area contributed by atoms with Crippen molar-refractivity contribution in [3.63, 3.8) is 0 Å². The predicted octanol–water partition coefficient (Wildman–Crippen LogP) is 0.205. The lowest BCUT2D eigenvalue weighted by molar-refractivity contribution is -0.147. The van der Waals surface area contributed by atoms with Gasteiger partial charge in [-0.15, -0.1) is 0 Å². The van der Waals surface area contributed by atoms with E-state index in [1.807, 2.05) is 0 Å². The number of amides is 1. The van der Waals surface area contributed by atoms with Gasteiger partial charge in [0.25, 0.3) is 0 Å². The highest BCUT2D eigenvalue weighted by molar-refractivity contribution is 7.99. The maximum Gasteiger partial charge on any atom is 0.329 e. The molecular weight excluding hydrogens is 240 g/mol. The van der Waals surface area contributed by atoms with Crippen LogP contribution in [0.5, 0.6) is 0 Å². The summed E-state index contributed by atoms with van der Waals surface area (Å²) in [5, 5.41) is 15.1. The lowest BCUT2D eigenvalue weighted by atomic mass is 9.97. The van der Waals surface area contributed by atoms with Crippen LogP contribution in [0.4, 0.5) is 0 Å². The molecule has 1 atom stereocenters. The van der Waals surface area contributed by atoms with Crippen molar-refractivity contribution in [2.45, 2.75) is 37.3 Å². The Balaban J connectivity index is 1.98. The molecule has 1 aliphatic carbocycles. The van der Waals surface area contributed by atoms with E-state index in [1.54, 1.807) is 11.8 Å². The summed E-state index contributed by atoms with van der Waals surface area (Å²) >= 11 is 1.73. The van der Waals surface area contributed by atoms with Crippen LogP contribution in [-0.4, -0.2) is 46.6 Å². The van der Waals surface area contributed by atoms with Gasteiger partial charge in [0.1, 0.15) is 5.54 Å². The number of nitrogens with one attached hydrogen (secondary N) is 2. The van der Waals surface area contributed by atoms with Crippen molar-refractivity contribution in [2.75, 3.05) is 18.1 Å². The zero-order valence-corrected chi connectivity index (χ0v) is 10.5. The largest absolute Gasteiger partial charge is 0.480 e. The van der Waals surface area contributed by atoms with Gasteiger partial charge < -0.3 is 15.7 Å². The average Bonchev–Trinajstić information content (AvgIpc) is 2.80. The van der Waals surface area contributed by atoms with E-state index in [0.717, 1.165) is 30.9 Å². The number of hydrogen-bond acceptors (Lipinski definition) is 4. The fraction of sp³-hybridized carbons (Fsp3) is 0.818. The third-order valence-electron chi connectivity index (χ3n) is 3.47. The molecule has 6 heteroatoms. The van der Waals surface area contributed by atoms with Gasteiger partial charge in [-0.3, -0.25) is 4.79 Å². The molecule has 96 valence electrons. The monoisotopic (exact) mass is 258 g/mol. The zero-order valence-electron chi connectivity index (χ0n) is 9.70. The number of carboxylic acids is 1. The summed E-state index contributed by atoms with van der Waals surface area (Å²) in [7, 11) is 0. The summed E-state index contributed by atoms with van der Waals surface area (Å²) in [4.78, 5) is 23.3. The van der Waals surface area contributed by atoms with Crippen molar-refractivity contribution < 1.29 is 14.7 Å². The Labute approximate surface area is 105 Å². The van der Waals surface area contributed by atoms with Crippen LogP contribution < -0.4 is 10.6 Å². The first kappa shape index (κ1) is 12.7. The average molecular weight is 258 g/mol. The smallest absolute Gasteiger partial charge is 0.329 e. The highest BCUT2D eigenvalue weighted by Gasteiger charge is 2.43. The molecule has 2 fully saturated rings. The molecule has 1 saturated heterocycles. The molecule has 0 aromatic carbocycles. The van der Waals surface area contributed by atoms with Crippen molar-refractivity contribution in [2.24, 2.45) is 0 Å². The summed E-state index contributed by atoms with van der Waals surface area (Å²) in [5.41, 5.74) is -1.01. The zero-order chi connectivity index (χ0) is 12.3. The first-order chi connectivity index (χ1) is 8.14. The fourth-order valence-corrected chi connectivity index (χ4v) is 3.36. The summed E-state index contributed by atoms with van der Waals surface area (Å²) < 4.78 is 0. The van der Waals surface area contributed by atoms with Gasteiger partial charge in [0.15, 0.2) is 0 Å². The molecule has 17 heavy (non-hydrogen) atoms. The van der Waals surface area contributed by atoms with Gasteiger partial charge >= 0.3 is 5.97 Å². The molecule has 1 amide bonds. The van der Waals surface area contributed by atoms with Gasteiger partial charge in [0.2, 0.25) is 5.91 Å². The Kier molecular flexibility index (Phi) is 3.93. The number of carbonyl (C=O) groups excluding carboxylic acids is 1. The SMILES string of the molecule is O=C(NC1(C(=O)O)CCCC1)C1CSCCN1. The van der Waals surface area contributed by atoms with Gasteiger partial charge in [0, 0.05) is 18.1 Å². The van der Waals surface area contributed by atoms with Gasteiger partial charge in [-0.05, 0) is 12.8 Å². The summed E-state index contributed by atoms with van der Waals surface area (Å²) in [6.45, 7) is 0.808. The van der Waals surface area contributed by atoms with Crippen molar-refractivity contribution in [3.05, 3.63) is 0 Å². The topological polar surface area (TPSA) is 78.4 Å². The van der Waals surface area contributed by atoms with Crippen molar-refractivity contribution in [3.8, 4) is 0 Å². The normalized spacial score (nSPS) is 27.6. The third kappa shape index (κ3) is 2.74. The van der Waals surface area contributed by atoms with Crippen LogP contribution in [0.25, 0.3) is 0 Å². The summed E-state index contributed by atoms with van der Waals surface area (Å²) in [6.07, 6.45) is 2.85. The minimum atomic E-state index is -1.01. The maximum absolute atomic E-state index is 12.0. The van der Waals surface area contributed by atoms with Gasteiger partial charge in [-0.1, -0.05) is 12.8 Å². The second-order valence-corrected chi connectivity index (χ2v) is 5.82. The molecule has 1 heterocycles. The molecule has 5 nitrogen and oxygen atoms in total. The molecule has 0 spiro atoms. The van der Waals surface area contributed by atoms with E-state index in [1.165, 1.54) is 0 Å². The Bertz CT molecular complexity index is 310. The van der Waals surface area contributed by atoms with E-state index in [9.17, 15) is 14.7 Å². The Morgan fingerprint density at radius 3 is 2.59 bits per heavy atom. The number of thioether (sulfide) groups is 1. The minimum absolute atomic E-state index is 0.165. The van der Waals surface area contributed by atoms with Crippen LogP contribution in [0.2, 0.25) is 0 Å². The first-order valence-electron chi connectivity index (χ1n) is 6.01. The van der Waals surface area contributed by atoms with Crippen LogP contribution in [-0.2, 0) is 9.59 Å². The molecule has 1 saturated carbocycles. The third-order valence-corrected chi connectivity index (χ3v) is 4.53. The van der Waals surface area contributed by atoms with E-state index in [4.69, 9.17) is 0 Å². The van der Waals surface area contributed by atoms with Crippen molar-refractivity contribution in [1.29, 1.82) is 0 Å². The van der Waals surface area contributed by atoms with Crippen LogP contribution in [0.15, 0.2) is 0 Å². The van der Waals surface area contributed by atoms with Gasteiger partial charge in [-0.25, -0.2) is 4.79 Å². The number of carbonyl (C=O) groups is 2. The standard InChI is InChI=1S/C11H18N2O3S/c14-9(8-7-17-6-5-12-8)13-11(10(15)16)3-1-2-4-11/h8,12H,1-7H2,(H,13,14)(H,15,16). The van der Waals surface area contributed by atoms with E-state index in [2.05, 4.69) is 10.6 Å². The highest BCUT2D eigenvalue weighted by atomic mass is 32.2. The molecular formula is C11H18N2O3S. The molecule has 0 radical (unpaired) electrons. The Morgan fingerprint density at radius 1 is 1.35 bits per heavy atom. The fourth-order valence-electron chi connectivity index (χ4n) is 2.43. The molecule has 3 N–H and O–H groups in total. The first-order valence-corrected chi connectivity index (χ1v) is 7.16. The van der Waals surface area contributed by atoms with Crippen molar-refractivity contribution >= 4 is 23.6 Å². The lowest BCUT2D eigenvalue weighted by Crippen LogP contribution is -2.59. The molecule has 1 aliphatic heterocycles. The molecule has 2 aliphatic rings. The summed E-state index contributed by atoms with van der Waals surface area (Å²) in [5.74, 6) is 0.670. The lowest BCUT2D eigenvalue weighted by Gasteiger charge is -2.29. The van der Waals surface area contributed by atoms with Crippen molar-refractivity contribution in [1.82, 2.24) is 10.6 Å².